The summed E-state index contributed by atoms with van der Waals surface area (Å²) in [6.07, 6.45) is 0. The Hall–Kier alpha value is -0.210. The number of hydrogen-bond acceptors (Lipinski definition) is 3. The van der Waals surface area contributed by atoms with E-state index >= 15 is 0 Å². The fourth-order valence-electron chi connectivity index (χ4n) is 0.757. The largest absolute Gasteiger partial charge is 1.00 e. The van der Waals surface area contributed by atoms with Gasteiger partial charge in [-0.2, -0.15) is 0 Å². The van der Waals surface area contributed by atoms with Crippen molar-refractivity contribution in [2.24, 2.45) is 0 Å². The average molecular weight is 231 g/mol. The molecule has 1 N–H and O–H groups in total. The first-order valence-corrected chi connectivity index (χ1v) is 4.47. The Morgan fingerprint density at radius 1 is 1.14 bits per heavy atom. The number of hydrogen-bond donors (Lipinski definition) is 1. The van der Waals surface area contributed by atoms with Crippen LogP contribution in [0.2, 0.25) is 0 Å². The van der Waals surface area contributed by atoms with Crippen molar-refractivity contribution < 1.29 is 51.3 Å². The zero-order valence-corrected chi connectivity index (χ0v) is 9.94. The molecule has 0 unspecified atom stereocenters. The molecule has 0 spiro atoms. The molecule has 0 amide bonds. The minimum Gasteiger partial charge on any atom is -0.731 e. The quantitative estimate of drug-likeness (QED) is 0.465. The smallest absolute Gasteiger partial charge is 0.731 e. The predicted molar refractivity (Wildman–Crippen MR) is 39.7 cm³/mol. The van der Waals surface area contributed by atoms with E-state index in [1.807, 2.05) is 0 Å². The van der Waals surface area contributed by atoms with Crippen LogP contribution in [0.4, 0.5) is 14.5 Å². The molecule has 1 rings (SSSR count). The summed E-state index contributed by atoms with van der Waals surface area (Å²) < 4.78 is 56.6. The van der Waals surface area contributed by atoms with Gasteiger partial charge in [0, 0.05) is 6.07 Å². The summed E-state index contributed by atoms with van der Waals surface area (Å²) in [4.78, 5) is 0. The van der Waals surface area contributed by atoms with E-state index in [1.54, 1.807) is 0 Å². The van der Waals surface area contributed by atoms with Crippen LogP contribution in [0.25, 0.3) is 0 Å². The van der Waals surface area contributed by atoms with Gasteiger partial charge in [0.1, 0.15) is 11.6 Å². The summed E-state index contributed by atoms with van der Waals surface area (Å²) in [7, 11) is -4.74. The first kappa shape index (κ1) is 13.8. The number of anilines is 1. The minimum atomic E-state index is -4.74. The van der Waals surface area contributed by atoms with Crippen LogP contribution in [0.5, 0.6) is 0 Å². The SMILES string of the molecule is O=S(=O)([O-])Nc1cc(F)cc(F)c1.[Na+]. The van der Waals surface area contributed by atoms with E-state index in [2.05, 4.69) is 0 Å². The molecule has 0 aromatic heterocycles. The third-order valence-electron chi connectivity index (χ3n) is 1.11. The Bertz CT molecular complexity index is 403. The average Bonchev–Trinajstić information content (AvgIpc) is 1.78. The summed E-state index contributed by atoms with van der Waals surface area (Å²) in [6.45, 7) is 0. The van der Waals surface area contributed by atoms with Crippen LogP contribution in [-0.2, 0) is 10.3 Å². The summed E-state index contributed by atoms with van der Waals surface area (Å²) in [5.74, 6) is -1.93. The summed E-state index contributed by atoms with van der Waals surface area (Å²) in [5, 5.41) is 0. The maximum Gasteiger partial charge on any atom is 1.00 e. The van der Waals surface area contributed by atoms with Crippen molar-refractivity contribution in [2.75, 3.05) is 4.72 Å². The van der Waals surface area contributed by atoms with Crippen molar-refractivity contribution in [3.8, 4) is 0 Å². The van der Waals surface area contributed by atoms with E-state index in [9.17, 15) is 21.8 Å². The molecule has 0 aliphatic carbocycles. The summed E-state index contributed by atoms with van der Waals surface area (Å²) in [6, 6.07) is 1.94. The predicted octanol–water partition coefficient (Wildman–Crippen LogP) is -2.16. The molecule has 0 aliphatic heterocycles. The van der Waals surface area contributed by atoms with Gasteiger partial charge in [-0.15, -0.1) is 0 Å². The Kier molecular flexibility index (Phi) is 4.96. The molecular formula is C6H4F2NNaO3S. The monoisotopic (exact) mass is 231 g/mol. The fourth-order valence-corrected chi connectivity index (χ4v) is 1.16. The first-order valence-electron chi connectivity index (χ1n) is 3.06. The standard InChI is InChI=1S/C6H5F2NO3S.Na/c7-4-1-5(8)3-6(2-4)9-13(10,11)12;/h1-3,9H,(H,10,11,12);/q;+1/p-1. The molecule has 0 atom stereocenters. The van der Waals surface area contributed by atoms with Gasteiger partial charge < -0.3 is 4.55 Å². The van der Waals surface area contributed by atoms with Crippen molar-refractivity contribution >= 4 is 16.0 Å². The van der Waals surface area contributed by atoms with Crippen LogP contribution in [-0.4, -0.2) is 13.0 Å². The van der Waals surface area contributed by atoms with Gasteiger partial charge in [0.2, 0.25) is 0 Å². The molecule has 0 heterocycles. The third kappa shape index (κ3) is 4.87. The number of nitrogens with one attached hydrogen (secondary N) is 1. The van der Waals surface area contributed by atoms with Crippen molar-refractivity contribution in [1.29, 1.82) is 0 Å². The first-order chi connectivity index (χ1) is 5.87. The molecule has 0 bridgehead atoms. The normalized spacial score (nSPS) is 10.5. The van der Waals surface area contributed by atoms with Gasteiger partial charge in [0.25, 0.3) is 0 Å². The van der Waals surface area contributed by atoms with Gasteiger partial charge >= 0.3 is 29.6 Å². The van der Waals surface area contributed by atoms with Crippen molar-refractivity contribution in [2.45, 2.75) is 0 Å². The second-order valence-electron chi connectivity index (χ2n) is 2.21. The number of benzene rings is 1. The topological polar surface area (TPSA) is 69.2 Å². The molecule has 72 valence electrons. The van der Waals surface area contributed by atoms with Gasteiger partial charge in [-0.25, -0.2) is 17.2 Å². The van der Waals surface area contributed by atoms with Crippen molar-refractivity contribution in [3.63, 3.8) is 0 Å². The van der Waals surface area contributed by atoms with Crippen molar-refractivity contribution in [3.05, 3.63) is 29.8 Å². The van der Waals surface area contributed by atoms with Crippen LogP contribution in [0.1, 0.15) is 0 Å². The molecule has 1 aromatic rings. The maximum absolute atomic E-state index is 12.4. The van der Waals surface area contributed by atoms with Gasteiger partial charge in [-0.3, -0.25) is 4.72 Å². The molecule has 0 fully saturated rings. The molecule has 4 nitrogen and oxygen atoms in total. The number of halogens is 2. The van der Waals surface area contributed by atoms with Crippen LogP contribution < -0.4 is 34.3 Å². The molecule has 0 aliphatic rings. The van der Waals surface area contributed by atoms with Crippen molar-refractivity contribution in [1.82, 2.24) is 0 Å². The molecule has 0 saturated carbocycles. The van der Waals surface area contributed by atoms with E-state index in [0.717, 1.165) is 0 Å². The van der Waals surface area contributed by atoms with Gasteiger partial charge in [0.15, 0.2) is 10.3 Å². The Balaban J connectivity index is 0.00000169. The molecule has 8 heteroatoms. The third-order valence-corrected chi connectivity index (χ3v) is 1.59. The van der Waals surface area contributed by atoms with Gasteiger partial charge in [-0.1, -0.05) is 0 Å². The van der Waals surface area contributed by atoms with Crippen LogP contribution in [0.15, 0.2) is 18.2 Å². The van der Waals surface area contributed by atoms with E-state index < -0.39 is 27.6 Å². The van der Waals surface area contributed by atoms with E-state index in [1.165, 1.54) is 4.72 Å². The molecular weight excluding hydrogens is 227 g/mol. The zero-order chi connectivity index (χ0) is 10.1. The van der Waals surface area contributed by atoms with Crippen LogP contribution in [0.3, 0.4) is 0 Å². The zero-order valence-electron chi connectivity index (χ0n) is 7.12. The van der Waals surface area contributed by atoms with E-state index in [4.69, 9.17) is 0 Å². The molecule has 0 saturated heterocycles. The molecule has 0 radical (unpaired) electrons. The van der Waals surface area contributed by atoms with Crippen LogP contribution >= 0.6 is 0 Å². The van der Waals surface area contributed by atoms with Crippen LogP contribution in [0, 0.1) is 11.6 Å². The summed E-state index contributed by atoms with van der Waals surface area (Å²) >= 11 is 0. The Labute approximate surface area is 101 Å². The van der Waals surface area contributed by atoms with E-state index in [0.29, 0.717) is 18.2 Å². The summed E-state index contributed by atoms with van der Waals surface area (Å²) in [5.41, 5.74) is -0.437. The Morgan fingerprint density at radius 2 is 1.57 bits per heavy atom. The van der Waals surface area contributed by atoms with Gasteiger partial charge in [-0.05, 0) is 12.1 Å². The number of rotatable bonds is 2. The van der Waals surface area contributed by atoms with Gasteiger partial charge in [0.05, 0.1) is 5.69 Å². The fraction of sp³-hybridized carbons (Fsp3) is 0. The molecule has 1 aromatic carbocycles. The van der Waals surface area contributed by atoms with E-state index in [-0.39, 0.29) is 29.6 Å². The second kappa shape index (κ2) is 5.04. The minimum absolute atomic E-state index is 0. The second-order valence-corrected chi connectivity index (χ2v) is 3.33. The Morgan fingerprint density at radius 3 is 1.93 bits per heavy atom. The maximum atomic E-state index is 12.4. The molecule has 14 heavy (non-hydrogen) atoms.